The SMILES string of the molecule is COC(=O)C1C=CC(c2cc3n(c2)N=CC(C(N)=O)C3NC2C3CC4CC2C(O)(C4)C3)=CC1. The van der Waals surface area contributed by atoms with Gasteiger partial charge in [0, 0.05) is 29.9 Å². The van der Waals surface area contributed by atoms with Crippen LogP contribution in [0.15, 0.2) is 35.6 Å². The lowest BCUT2D eigenvalue weighted by Crippen LogP contribution is -2.49. The average Bonchev–Trinajstić information content (AvgIpc) is 3.39. The predicted octanol–water partition coefficient (Wildman–Crippen LogP) is 1.75. The molecule has 2 heterocycles. The van der Waals surface area contributed by atoms with Crippen molar-refractivity contribution in [3.63, 3.8) is 0 Å². The van der Waals surface area contributed by atoms with Crippen LogP contribution in [-0.4, -0.2) is 46.6 Å². The fourth-order valence-corrected chi connectivity index (χ4v) is 7.20. The predicted molar refractivity (Wildman–Crippen MR) is 122 cm³/mol. The number of hydrogen-bond donors (Lipinski definition) is 3. The molecule has 1 aromatic rings. The Morgan fingerprint density at radius 3 is 2.88 bits per heavy atom. The van der Waals surface area contributed by atoms with Crippen LogP contribution in [0.2, 0.25) is 0 Å². The van der Waals surface area contributed by atoms with Gasteiger partial charge in [0.2, 0.25) is 5.91 Å². The number of aliphatic hydroxyl groups is 1. The van der Waals surface area contributed by atoms with Crippen molar-refractivity contribution < 1.29 is 19.4 Å². The Hall–Kier alpha value is -2.71. The minimum absolute atomic E-state index is 0.175. The van der Waals surface area contributed by atoms with Crippen LogP contribution in [0.1, 0.15) is 49.4 Å². The van der Waals surface area contributed by atoms with Gasteiger partial charge in [0.15, 0.2) is 0 Å². The van der Waals surface area contributed by atoms with Gasteiger partial charge in [-0.25, -0.2) is 4.68 Å². The van der Waals surface area contributed by atoms with Crippen LogP contribution >= 0.6 is 0 Å². The summed E-state index contributed by atoms with van der Waals surface area (Å²) in [6, 6.07) is 1.93. The van der Waals surface area contributed by atoms with Gasteiger partial charge in [0.25, 0.3) is 0 Å². The Morgan fingerprint density at radius 2 is 2.18 bits per heavy atom. The van der Waals surface area contributed by atoms with Crippen molar-refractivity contribution in [3.05, 3.63) is 41.7 Å². The third-order valence-corrected chi connectivity index (χ3v) is 8.61. The number of primary amides is 1. The standard InChI is InChI=1S/C25H30N4O4/c1-33-24(31)15-4-2-14(3-5-15)17-8-20-22(18(23(26)30)11-27-29(20)12-17)28-21-16-6-13-7-19(21)25(32,9-13)10-16/h2-4,8,11-13,15-16,18-19,21-22,28,32H,5-7,9-10H2,1H3,(H2,26,30). The van der Waals surface area contributed by atoms with Crippen LogP contribution in [0.25, 0.3) is 5.57 Å². The monoisotopic (exact) mass is 450 g/mol. The first-order valence-corrected chi connectivity index (χ1v) is 11.9. The van der Waals surface area contributed by atoms with E-state index < -0.39 is 17.4 Å². The number of nitrogens with zero attached hydrogens (tertiary/aromatic N) is 2. The van der Waals surface area contributed by atoms with Crippen molar-refractivity contribution in [1.29, 1.82) is 0 Å². The van der Waals surface area contributed by atoms with Crippen LogP contribution in [0, 0.1) is 29.6 Å². The number of fused-ring (bicyclic) bond motifs is 1. The van der Waals surface area contributed by atoms with Gasteiger partial charge in [0.1, 0.15) is 0 Å². The van der Waals surface area contributed by atoms with Crippen LogP contribution in [0.4, 0.5) is 0 Å². The Bertz CT molecular complexity index is 1100. The molecule has 4 fully saturated rings. The number of carbonyl (C=O) groups excluding carboxylic acids is 2. The van der Waals surface area contributed by atoms with Crippen LogP contribution in [0.3, 0.4) is 0 Å². The first kappa shape index (κ1) is 20.9. The summed E-state index contributed by atoms with van der Waals surface area (Å²) >= 11 is 0. The molecule has 0 saturated heterocycles. The summed E-state index contributed by atoms with van der Waals surface area (Å²) in [5.74, 6) is -0.164. The van der Waals surface area contributed by atoms with E-state index in [4.69, 9.17) is 10.5 Å². The second-order valence-corrected chi connectivity index (χ2v) is 10.5. The van der Waals surface area contributed by atoms with Gasteiger partial charge in [0.05, 0.1) is 36.3 Å². The van der Waals surface area contributed by atoms with Gasteiger partial charge in [-0.05, 0) is 55.6 Å². The highest BCUT2D eigenvalue weighted by atomic mass is 16.5. The molecule has 4 saturated carbocycles. The van der Waals surface area contributed by atoms with E-state index in [0.29, 0.717) is 18.3 Å². The van der Waals surface area contributed by atoms with Crippen molar-refractivity contribution in [2.75, 3.05) is 7.11 Å². The summed E-state index contributed by atoms with van der Waals surface area (Å²) in [5, 5.41) is 19.4. The molecule has 1 aliphatic heterocycles. The molecule has 8 atom stereocenters. The van der Waals surface area contributed by atoms with Gasteiger partial charge >= 0.3 is 5.97 Å². The molecule has 174 valence electrons. The molecule has 0 radical (unpaired) electrons. The fourth-order valence-electron chi connectivity index (χ4n) is 7.20. The van der Waals surface area contributed by atoms with Crippen LogP contribution < -0.4 is 11.1 Å². The summed E-state index contributed by atoms with van der Waals surface area (Å²) < 4.78 is 6.66. The molecule has 6 aliphatic rings. The molecule has 0 aromatic carbocycles. The molecular weight excluding hydrogens is 420 g/mol. The highest BCUT2D eigenvalue weighted by molar-refractivity contribution is 5.94. The first-order valence-electron chi connectivity index (χ1n) is 11.9. The number of carbonyl (C=O) groups is 2. The first-order chi connectivity index (χ1) is 15.9. The number of allylic oxidation sites excluding steroid dienone is 3. The molecule has 5 aliphatic carbocycles. The molecule has 8 nitrogen and oxygen atoms in total. The van der Waals surface area contributed by atoms with E-state index in [9.17, 15) is 14.7 Å². The van der Waals surface area contributed by atoms with Crippen LogP contribution in [0.5, 0.6) is 0 Å². The lowest BCUT2D eigenvalue weighted by molar-refractivity contribution is -0.143. The largest absolute Gasteiger partial charge is 0.469 e. The zero-order valence-corrected chi connectivity index (χ0v) is 18.7. The van der Waals surface area contributed by atoms with E-state index in [-0.39, 0.29) is 29.9 Å². The van der Waals surface area contributed by atoms with E-state index >= 15 is 0 Å². The third-order valence-electron chi connectivity index (χ3n) is 8.61. The molecule has 8 heteroatoms. The van der Waals surface area contributed by atoms with Gasteiger partial charge in [-0.1, -0.05) is 18.2 Å². The molecular formula is C25H30N4O4. The molecule has 33 heavy (non-hydrogen) atoms. The van der Waals surface area contributed by atoms with E-state index in [1.807, 2.05) is 29.1 Å². The van der Waals surface area contributed by atoms with E-state index in [0.717, 1.165) is 42.5 Å². The number of esters is 1. The van der Waals surface area contributed by atoms with Gasteiger partial charge in [-0.2, -0.15) is 5.10 Å². The second-order valence-electron chi connectivity index (χ2n) is 10.5. The van der Waals surface area contributed by atoms with Crippen molar-refractivity contribution in [3.8, 4) is 0 Å². The Labute approximate surface area is 192 Å². The molecule has 7 rings (SSSR count). The average molecular weight is 451 g/mol. The number of amides is 1. The van der Waals surface area contributed by atoms with E-state index in [1.54, 1.807) is 6.21 Å². The van der Waals surface area contributed by atoms with E-state index in [1.165, 1.54) is 7.11 Å². The van der Waals surface area contributed by atoms with Gasteiger partial charge in [-0.3, -0.25) is 9.59 Å². The number of nitrogens with two attached hydrogens (primary N) is 1. The van der Waals surface area contributed by atoms with E-state index in [2.05, 4.69) is 16.5 Å². The normalized spacial score (nSPS) is 40.1. The minimum atomic E-state index is -0.558. The lowest BCUT2D eigenvalue weighted by Gasteiger charge is -2.37. The summed E-state index contributed by atoms with van der Waals surface area (Å²) in [6.45, 7) is 0. The highest BCUT2D eigenvalue weighted by Gasteiger charge is 2.62. The number of aromatic nitrogens is 1. The maximum atomic E-state index is 12.3. The fraction of sp³-hybridized carbons (Fsp3) is 0.560. The zero-order chi connectivity index (χ0) is 22.9. The minimum Gasteiger partial charge on any atom is -0.469 e. The lowest BCUT2D eigenvalue weighted by atomic mass is 9.78. The van der Waals surface area contributed by atoms with Crippen LogP contribution in [-0.2, 0) is 14.3 Å². The van der Waals surface area contributed by atoms with Crippen molar-refractivity contribution in [2.24, 2.45) is 40.4 Å². The second kappa shape index (κ2) is 7.40. The smallest absolute Gasteiger partial charge is 0.312 e. The molecule has 4 bridgehead atoms. The molecule has 8 unspecified atom stereocenters. The number of nitrogens with one attached hydrogen (secondary N) is 1. The number of rotatable bonds is 5. The maximum absolute atomic E-state index is 12.3. The zero-order valence-electron chi connectivity index (χ0n) is 18.7. The third kappa shape index (κ3) is 3.22. The summed E-state index contributed by atoms with van der Waals surface area (Å²) in [7, 11) is 1.40. The summed E-state index contributed by atoms with van der Waals surface area (Å²) in [6.07, 6.45) is 14.0. The van der Waals surface area contributed by atoms with Crippen molar-refractivity contribution in [2.45, 2.75) is 49.8 Å². The van der Waals surface area contributed by atoms with Gasteiger partial charge in [-0.15, -0.1) is 0 Å². The number of hydrogen-bond acceptors (Lipinski definition) is 6. The quantitative estimate of drug-likeness (QED) is 0.591. The Kier molecular flexibility index (Phi) is 4.68. The Morgan fingerprint density at radius 1 is 1.33 bits per heavy atom. The topological polar surface area (TPSA) is 119 Å². The Balaban J connectivity index is 1.28. The molecule has 4 N–H and O–H groups in total. The maximum Gasteiger partial charge on any atom is 0.312 e. The van der Waals surface area contributed by atoms with Crippen molar-refractivity contribution >= 4 is 23.7 Å². The number of ether oxygens (including phenoxy) is 1. The number of methoxy groups -OCH3 is 1. The molecule has 0 spiro atoms. The molecule has 1 aromatic heterocycles. The summed E-state index contributed by atoms with van der Waals surface area (Å²) in [5.41, 5.74) is 8.10. The summed E-state index contributed by atoms with van der Waals surface area (Å²) in [4.78, 5) is 24.1. The van der Waals surface area contributed by atoms with Crippen molar-refractivity contribution in [1.82, 2.24) is 9.99 Å². The van der Waals surface area contributed by atoms with Gasteiger partial charge < -0.3 is 20.9 Å². The highest BCUT2D eigenvalue weighted by Crippen LogP contribution is 2.60. The molecule has 1 amide bonds.